The Morgan fingerprint density at radius 2 is 0.746 bits per heavy atom. The molecule has 0 saturated carbocycles. The molecule has 0 unspecified atom stereocenters. The van der Waals surface area contributed by atoms with E-state index < -0.39 is 0 Å². The van der Waals surface area contributed by atoms with Crippen LogP contribution in [0, 0.1) is 0 Å². The monoisotopic (exact) mass is 749 g/mol. The zero-order valence-corrected chi connectivity index (χ0v) is 32.5. The van der Waals surface area contributed by atoms with Crippen molar-refractivity contribution in [1.29, 1.82) is 0 Å². The lowest BCUT2D eigenvalue weighted by Crippen LogP contribution is -2.11. The highest BCUT2D eigenvalue weighted by Crippen LogP contribution is 2.48. The van der Waals surface area contributed by atoms with Crippen LogP contribution in [0.5, 0.6) is 0 Å². The SMILES string of the molecule is c1ccc(-c2c(-c3ccccc3)c3cc(-c4ccccc4N(c4cccc(-c5ccc6ccccc6c5)c4)c4ccc5ccccc5c4)ccc3c3ccccc23)cc1. The van der Waals surface area contributed by atoms with Gasteiger partial charge in [0.2, 0.25) is 0 Å². The number of benzene rings is 11. The molecule has 0 spiro atoms. The van der Waals surface area contributed by atoms with Gasteiger partial charge in [-0.15, -0.1) is 0 Å². The first-order valence-corrected chi connectivity index (χ1v) is 20.3. The molecular formula is C58H39N. The van der Waals surface area contributed by atoms with E-state index in [-0.39, 0.29) is 0 Å². The topological polar surface area (TPSA) is 3.24 Å². The molecule has 276 valence electrons. The van der Waals surface area contributed by atoms with Crippen LogP contribution in [-0.2, 0) is 0 Å². The fraction of sp³-hybridized carbons (Fsp3) is 0. The molecule has 0 saturated heterocycles. The third-order valence-electron chi connectivity index (χ3n) is 11.8. The summed E-state index contributed by atoms with van der Waals surface area (Å²) in [7, 11) is 0. The first-order chi connectivity index (χ1) is 29.3. The average Bonchev–Trinajstić information content (AvgIpc) is 3.31. The Bertz CT molecular complexity index is 3330. The van der Waals surface area contributed by atoms with Crippen LogP contribution < -0.4 is 4.90 Å². The van der Waals surface area contributed by atoms with E-state index in [2.05, 4.69) is 241 Å². The molecule has 11 rings (SSSR count). The summed E-state index contributed by atoms with van der Waals surface area (Å²) in [4.78, 5) is 2.43. The maximum absolute atomic E-state index is 2.43. The summed E-state index contributed by atoms with van der Waals surface area (Å²) < 4.78 is 0. The van der Waals surface area contributed by atoms with Gasteiger partial charge in [-0.1, -0.05) is 194 Å². The van der Waals surface area contributed by atoms with E-state index in [1.807, 2.05) is 0 Å². The Balaban J connectivity index is 1.15. The van der Waals surface area contributed by atoms with Gasteiger partial charge in [-0.3, -0.25) is 0 Å². The highest BCUT2D eigenvalue weighted by atomic mass is 15.1. The minimum atomic E-state index is 1.10. The standard InChI is InChI=1S/C58H39N/c1-3-18-42(19-4-1)57-54-28-12-11-27-52(54)53-35-33-48(39-55(53)58(57)43-20-5-2-6-21-43)51-26-13-14-29-56(51)59(50-34-32-41-17-8-10-23-45(41)37-50)49-25-15-24-46(38-49)47-31-30-40-16-7-9-22-44(40)36-47/h1-39H. The maximum atomic E-state index is 2.43. The van der Waals surface area contributed by atoms with Crippen molar-refractivity contribution < 1.29 is 0 Å². The lowest BCUT2D eigenvalue weighted by atomic mass is 9.84. The molecule has 0 N–H and O–H groups in total. The van der Waals surface area contributed by atoms with Gasteiger partial charge < -0.3 is 4.90 Å². The molecule has 0 amide bonds. The highest BCUT2D eigenvalue weighted by molar-refractivity contribution is 6.22. The number of fused-ring (bicyclic) bond motifs is 5. The van der Waals surface area contributed by atoms with E-state index in [9.17, 15) is 0 Å². The molecule has 0 heterocycles. The van der Waals surface area contributed by atoms with Crippen LogP contribution in [0.4, 0.5) is 17.1 Å². The van der Waals surface area contributed by atoms with E-state index in [1.54, 1.807) is 0 Å². The van der Waals surface area contributed by atoms with Gasteiger partial charge in [-0.25, -0.2) is 0 Å². The van der Waals surface area contributed by atoms with E-state index in [4.69, 9.17) is 0 Å². The van der Waals surface area contributed by atoms with Crippen LogP contribution in [-0.4, -0.2) is 0 Å². The number of para-hydroxylation sites is 1. The van der Waals surface area contributed by atoms with Crippen LogP contribution in [0.15, 0.2) is 237 Å². The van der Waals surface area contributed by atoms with Crippen molar-refractivity contribution in [2.45, 2.75) is 0 Å². The van der Waals surface area contributed by atoms with Crippen molar-refractivity contribution in [2.75, 3.05) is 4.90 Å². The molecule has 11 aromatic carbocycles. The summed E-state index contributed by atoms with van der Waals surface area (Å²) in [5.41, 5.74) is 12.9. The molecule has 0 aliphatic rings. The average molecular weight is 750 g/mol. The predicted molar refractivity (Wildman–Crippen MR) is 253 cm³/mol. The van der Waals surface area contributed by atoms with Gasteiger partial charge in [0.15, 0.2) is 0 Å². The van der Waals surface area contributed by atoms with Crippen molar-refractivity contribution in [3.8, 4) is 44.5 Å². The molecule has 1 nitrogen and oxygen atoms in total. The molecule has 0 atom stereocenters. The summed E-state index contributed by atoms with van der Waals surface area (Å²) in [6.07, 6.45) is 0. The lowest BCUT2D eigenvalue weighted by Gasteiger charge is -2.29. The maximum Gasteiger partial charge on any atom is 0.0540 e. The van der Waals surface area contributed by atoms with Crippen molar-refractivity contribution in [2.24, 2.45) is 0 Å². The molecule has 0 fully saturated rings. The molecule has 59 heavy (non-hydrogen) atoms. The van der Waals surface area contributed by atoms with Crippen LogP contribution in [0.25, 0.3) is 87.6 Å². The summed E-state index contributed by atoms with van der Waals surface area (Å²) in [6, 6.07) is 86.4. The minimum absolute atomic E-state index is 1.10. The zero-order chi connectivity index (χ0) is 39.1. The van der Waals surface area contributed by atoms with Crippen molar-refractivity contribution in [3.05, 3.63) is 237 Å². The van der Waals surface area contributed by atoms with Crippen molar-refractivity contribution >= 4 is 60.2 Å². The fourth-order valence-corrected chi connectivity index (χ4v) is 9.02. The first-order valence-electron chi connectivity index (χ1n) is 20.3. The smallest absolute Gasteiger partial charge is 0.0540 e. The Morgan fingerprint density at radius 1 is 0.237 bits per heavy atom. The van der Waals surface area contributed by atoms with Gasteiger partial charge >= 0.3 is 0 Å². The van der Waals surface area contributed by atoms with Gasteiger partial charge in [0.25, 0.3) is 0 Å². The van der Waals surface area contributed by atoms with Crippen LogP contribution in [0.2, 0.25) is 0 Å². The normalized spacial score (nSPS) is 11.4. The summed E-state index contributed by atoms with van der Waals surface area (Å²) in [5.74, 6) is 0. The second-order valence-electron chi connectivity index (χ2n) is 15.3. The zero-order valence-electron chi connectivity index (χ0n) is 32.5. The predicted octanol–water partition coefficient (Wildman–Crippen LogP) is 16.4. The number of hydrogen-bond acceptors (Lipinski definition) is 1. The molecule has 0 aliphatic carbocycles. The molecule has 1 heteroatoms. The van der Waals surface area contributed by atoms with Crippen molar-refractivity contribution in [3.63, 3.8) is 0 Å². The Labute approximate surface area is 344 Å². The summed E-state index contributed by atoms with van der Waals surface area (Å²) in [6.45, 7) is 0. The van der Waals surface area contributed by atoms with Gasteiger partial charge in [-0.2, -0.15) is 0 Å². The molecule has 0 bridgehead atoms. The van der Waals surface area contributed by atoms with Crippen LogP contribution >= 0.6 is 0 Å². The summed E-state index contributed by atoms with van der Waals surface area (Å²) >= 11 is 0. The largest absolute Gasteiger partial charge is 0.310 e. The lowest BCUT2D eigenvalue weighted by molar-refractivity contribution is 1.29. The Kier molecular flexibility index (Phi) is 8.56. The third-order valence-corrected chi connectivity index (χ3v) is 11.8. The van der Waals surface area contributed by atoms with Gasteiger partial charge in [0.05, 0.1) is 5.69 Å². The first kappa shape index (κ1) is 34.5. The van der Waals surface area contributed by atoms with Gasteiger partial charge in [0.1, 0.15) is 0 Å². The van der Waals surface area contributed by atoms with E-state index in [0.29, 0.717) is 0 Å². The molecule has 0 aromatic heterocycles. The van der Waals surface area contributed by atoms with E-state index >= 15 is 0 Å². The second-order valence-corrected chi connectivity index (χ2v) is 15.3. The van der Waals surface area contributed by atoms with Crippen LogP contribution in [0.3, 0.4) is 0 Å². The van der Waals surface area contributed by atoms with Gasteiger partial charge in [0, 0.05) is 16.9 Å². The molecule has 0 aliphatic heterocycles. The van der Waals surface area contributed by atoms with Crippen LogP contribution in [0.1, 0.15) is 0 Å². The van der Waals surface area contributed by atoms with E-state index in [1.165, 1.54) is 76.5 Å². The minimum Gasteiger partial charge on any atom is -0.310 e. The van der Waals surface area contributed by atoms with Crippen molar-refractivity contribution in [1.82, 2.24) is 0 Å². The number of anilines is 3. The number of rotatable bonds is 7. The molecular weight excluding hydrogens is 711 g/mol. The van der Waals surface area contributed by atoms with E-state index in [0.717, 1.165) is 28.2 Å². The quantitative estimate of drug-likeness (QED) is 0.147. The molecule has 0 radical (unpaired) electrons. The second kappa shape index (κ2) is 14.6. The number of nitrogens with zero attached hydrogens (tertiary/aromatic N) is 1. The van der Waals surface area contributed by atoms with Gasteiger partial charge in [-0.05, 0) is 124 Å². The third kappa shape index (κ3) is 6.21. The number of hydrogen-bond donors (Lipinski definition) is 0. The fourth-order valence-electron chi connectivity index (χ4n) is 9.02. The highest BCUT2D eigenvalue weighted by Gasteiger charge is 2.21. The Hall–Kier alpha value is -7.74. The Morgan fingerprint density at radius 3 is 1.49 bits per heavy atom. The summed E-state index contributed by atoms with van der Waals surface area (Å²) in [5, 5.41) is 9.90. The molecule has 11 aromatic rings.